The van der Waals surface area contributed by atoms with Gasteiger partial charge in [0.25, 0.3) is 5.91 Å². The van der Waals surface area contributed by atoms with Gasteiger partial charge in [0.15, 0.2) is 0 Å². The van der Waals surface area contributed by atoms with E-state index in [9.17, 15) is 4.79 Å². The number of aryl methyl sites for hydroxylation is 1. The lowest BCUT2D eigenvalue weighted by molar-refractivity contribution is 0.0756. The lowest BCUT2D eigenvalue weighted by atomic mass is 10.3. The first-order chi connectivity index (χ1) is 8.09. The molecule has 0 spiro atoms. The molecule has 0 aliphatic rings. The van der Waals surface area contributed by atoms with E-state index in [2.05, 4.69) is 10.3 Å². The van der Waals surface area contributed by atoms with Crippen LogP contribution in [0.2, 0.25) is 0 Å². The fraction of sp³-hybridized carbons (Fsp3) is 0.538. The lowest BCUT2D eigenvalue weighted by Gasteiger charge is -2.08. The number of hydrogen-bond donors (Lipinski definition) is 1. The van der Waals surface area contributed by atoms with Crippen molar-refractivity contribution in [2.45, 2.75) is 33.3 Å². The van der Waals surface area contributed by atoms with Gasteiger partial charge in [-0.15, -0.1) is 0 Å². The van der Waals surface area contributed by atoms with Crippen molar-refractivity contribution in [1.82, 2.24) is 10.3 Å². The van der Waals surface area contributed by atoms with Crippen molar-refractivity contribution < 1.29 is 9.53 Å². The molecule has 1 rings (SSSR count). The van der Waals surface area contributed by atoms with Gasteiger partial charge in [0, 0.05) is 18.8 Å². The number of ether oxygens (including phenoxy) is 1. The minimum atomic E-state index is -0.127. The molecular formula is C13H20N2O2. The molecule has 0 saturated carbocycles. The molecule has 0 unspecified atom stereocenters. The van der Waals surface area contributed by atoms with Crippen LogP contribution in [0.3, 0.4) is 0 Å². The Hall–Kier alpha value is -1.42. The number of amides is 1. The molecule has 0 atom stereocenters. The van der Waals surface area contributed by atoms with E-state index >= 15 is 0 Å². The van der Waals surface area contributed by atoms with E-state index in [-0.39, 0.29) is 12.0 Å². The van der Waals surface area contributed by atoms with Crippen LogP contribution >= 0.6 is 0 Å². The zero-order valence-corrected chi connectivity index (χ0v) is 10.7. The zero-order valence-electron chi connectivity index (χ0n) is 10.7. The number of hydrogen-bond acceptors (Lipinski definition) is 3. The molecule has 0 bridgehead atoms. The summed E-state index contributed by atoms with van der Waals surface area (Å²) in [5, 5.41) is 2.82. The van der Waals surface area contributed by atoms with Crippen LogP contribution in [0.4, 0.5) is 0 Å². The third kappa shape index (κ3) is 5.45. The largest absolute Gasteiger partial charge is 0.379 e. The van der Waals surface area contributed by atoms with Crippen LogP contribution in [-0.2, 0) is 4.74 Å². The van der Waals surface area contributed by atoms with Gasteiger partial charge >= 0.3 is 0 Å². The Bertz CT molecular complexity index is 364. The molecule has 1 N–H and O–H groups in total. The first kappa shape index (κ1) is 13.6. The number of aromatic nitrogens is 1. The Morgan fingerprint density at radius 1 is 1.47 bits per heavy atom. The van der Waals surface area contributed by atoms with E-state index < -0.39 is 0 Å². The molecule has 4 heteroatoms. The molecule has 94 valence electrons. The van der Waals surface area contributed by atoms with Gasteiger partial charge in [0.1, 0.15) is 5.69 Å². The molecular weight excluding hydrogens is 216 g/mol. The maximum absolute atomic E-state index is 11.7. The molecule has 0 saturated heterocycles. The number of nitrogens with zero attached hydrogens (tertiary/aromatic N) is 1. The second-order valence-electron chi connectivity index (χ2n) is 4.19. The third-order valence-electron chi connectivity index (χ3n) is 2.18. The Balaban J connectivity index is 2.26. The van der Waals surface area contributed by atoms with Gasteiger partial charge in [-0.25, -0.2) is 4.98 Å². The second kappa shape index (κ2) is 7.01. The molecule has 1 aromatic rings. The summed E-state index contributed by atoms with van der Waals surface area (Å²) in [4.78, 5) is 15.8. The minimum absolute atomic E-state index is 0.127. The van der Waals surface area contributed by atoms with Crippen molar-refractivity contribution in [3.8, 4) is 0 Å². The van der Waals surface area contributed by atoms with Gasteiger partial charge in [-0.05, 0) is 39.3 Å². The average molecular weight is 236 g/mol. The highest BCUT2D eigenvalue weighted by molar-refractivity contribution is 5.92. The maximum Gasteiger partial charge on any atom is 0.269 e. The van der Waals surface area contributed by atoms with E-state index in [1.54, 1.807) is 6.07 Å². The van der Waals surface area contributed by atoms with Crippen LogP contribution in [0.15, 0.2) is 18.2 Å². The summed E-state index contributed by atoms with van der Waals surface area (Å²) >= 11 is 0. The van der Waals surface area contributed by atoms with E-state index in [0.29, 0.717) is 18.8 Å². The number of nitrogens with one attached hydrogen (secondary N) is 1. The van der Waals surface area contributed by atoms with Gasteiger partial charge in [-0.2, -0.15) is 0 Å². The summed E-state index contributed by atoms with van der Waals surface area (Å²) in [5.41, 5.74) is 1.32. The van der Waals surface area contributed by atoms with Gasteiger partial charge in [-0.3, -0.25) is 4.79 Å². The summed E-state index contributed by atoms with van der Waals surface area (Å²) in [5.74, 6) is -0.127. The Kier molecular flexibility index (Phi) is 5.63. The average Bonchev–Trinajstić information content (AvgIpc) is 2.28. The highest BCUT2D eigenvalue weighted by Gasteiger charge is 2.05. The molecule has 1 aromatic heterocycles. The maximum atomic E-state index is 11.7. The summed E-state index contributed by atoms with van der Waals surface area (Å²) in [6.45, 7) is 7.14. The minimum Gasteiger partial charge on any atom is -0.379 e. The van der Waals surface area contributed by atoms with Crippen molar-refractivity contribution in [3.05, 3.63) is 29.6 Å². The highest BCUT2D eigenvalue weighted by Crippen LogP contribution is 1.98. The number of pyridine rings is 1. The van der Waals surface area contributed by atoms with Gasteiger partial charge in [0.05, 0.1) is 6.10 Å². The SMILES string of the molecule is Cc1cccc(C(=O)NCCCOC(C)C)n1. The van der Waals surface area contributed by atoms with Crippen LogP contribution in [0.25, 0.3) is 0 Å². The molecule has 1 heterocycles. The molecule has 0 aromatic carbocycles. The quantitative estimate of drug-likeness (QED) is 0.768. The monoisotopic (exact) mass is 236 g/mol. The van der Waals surface area contributed by atoms with E-state index in [1.165, 1.54) is 0 Å². The van der Waals surface area contributed by atoms with Gasteiger partial charge in [-0.1, -0.05) is 6.07 Å². The van der Waals surface area contributed by atoms with Crippen LogP contribution < -0.4 is 5.32 Å². The van der Waals surface area contributed by atoms with Crippen molar-refractivity contribution >= 4 is 5.91 Å². The van der Waals surface area contributed by atoms with Crippen LogP contribution in [0.5, 0.6) is 0 Å². The lowest BCUT2D eigenvalue weighted by Crippen LogP contribution is -2.26. The van der Waals surface area contributed by atoms with E-state index in [0.717, 1.165) is 12.1 Å². The Morgan fingerprint density at radius 2 is 2.24 bits per heavy atom. The standard InChI is InChI=1S/C13H20N2O2/c1-10(2)17-9-5-8-14-13(16)12-7-4-6-11(3)15-12/h4,6-7,10H,5,8-9H2,1-3H3,(H,14,16). The van der Waals surface area contributed by atoms with Gasteiger partial charge in [0.2, 0.25) is 0 Å². The van der Waals surface area contributed by atoms with Crippen molar-refractivity contribution in [2.24, 2.45) is 0 Å². The fourth-order valence-electron chi connectivity index (χ4n) is 1.35. The van der Waals surface area contributed by atoms with Gasteiger partial charge < -0.3 is 10.1 Å². The molecule has 0 fully saturated rings. The number of carbonyl (C=O) groups excluding carboxylic acids is 1. The summed E-state index contributed by atoms with van der Waals surface area (Å²) in [6, 6.07) is 5.42. The predicted octanol–water partition coefficient (Wildman–Crippen LogP) is 1.93. The first-order valence-electron chi connectivity index (χ1n) is 5.93. The van der Waals surface area contributed by atoms with E-state index in [1.807, 2.05) is 32.9 Å². The fourth-order valence-corrected chi connectivity index (χ4v) is 1.35. The molecule has 4 nitrogen and oxygen atoms in total. The van der Waals surface area contributed by atoms with Crippen molar-refractivity contribution in [3.63, 3.8) is 0 Å². The molecule has 0 radical (unpaired) electrons. The van der Waals surface area contributed by atoms with Crippen molar-refractivity contribution in [2.75, 3.05) is 13.2 Å². The van der Waals surface area contributed by atoms with Crippen LogP contribution in [-0.4, -0.2) is 30.1 Å². The van der Waals surface area contributed by atoms with Crippen LogP contribution in [0.1, 0.15) is 36.5 Å². The summed E-state index contributed by atoms with van der Waals surface area (Å²) < 4.78 is 5.38. The van der Waals surface area contributed by atoms with Crippen LogP contribution in [0, 0.1) is 6.92 Å². The third-order valence-corrected chi connectivity index (χ3v) is 2.18. The molecule has 0 aliphatic carbocycles. The normalized spacial score (nSPS) is 10.6. The smallest absolute Gasteiger partial charge is 0.269 e. The molecule has 17 heavy (non-hydrogen) atoms. The first-order valence-corrected chi connectivity index (χ1v) is 5.93. The molecule has 0 aliphatic heterocycles. The topological polar surface area (TPSA) is 51.2 Å². The highest BCUT2D eigenvalue weighted by atomic mass is 16.5. The zero-order chi connectivity index (χ0) is 12.7. The predicted molar refractivity (Wildman–Crippen MR) is 67.0 cm³/mol. The molecule has 1 amide bonds. The number of rotatable bonds is 6. The Morgan fingerprint density at radius 3 is 2.88 bits per heavy atom. The van der Waals surface area contributed by atoms with Crippen molar-refractivity contribution in [1.29, 1.82) is 0 Å². The summed E-state index contributed by atoms with van der Waals surface area (Å²) in [6.07, 6.45) is 1.06. The summed E-state index contributed by atoms with van der Waals surface area (Å²) in [7, 11) is 0. The Labute approximate surface area is 102 Å². The van der Waals surface area contributed by atoms with E-state index in [4.69, 9.17) is 4.74 Å². The second-order valence-corrected chi connectivity index (χ2v) is 4.19. The number of carbonyl (C=O) groups is 1.